The average Bonchev–Trinajstić information content (AvgIpc) is 2.96. The lowest BCUT2D eigenvalue weighted by molar-refractivity contribution is -0.117. The number of anilines is 1. The molecule has 1 aliphatic rings. The molecule has 6 nitrogen and oxygen atoms in total. The van der Waals surface area contributed by atoms with Crippen molar-refractivity contribution in [3.05, 3.63) is 24.3 Å². The maximum Gasteiger partial charge on any atom is 0.317 e. The van der Waals surface area contributed by atoms with Crippen LogP contribution < -0.4 is 15.0 Å². The summed E-state index contributed by atoms with van der Waals surface area (Å²) in [6.45, 7) is 8.65. The van der Waals surface area contributed by atoms with Crippen molar-refractivity contribution in [3.8, 4) is 5.75 Å². The number of nitrogens with one attached hydrogen (secondary N) is 1. The molecule has 1 fully saturated rings. The third kappa shape index (κ3) is 5.11. The van der Waals surface area contributed by atoms with Gasteiger partial charge >= 0.3 is 6.03 Å². The highest BCUT2D eigenvalue weighted by Crippen LogP contribution is 2.24. The summed E-state index contributed by atoms with van der Waals surface area (Å²) in [5.41, 5.74) is 0.837. The molecular weight excluding hydrogens is 318 g/mol. The number of hydrogen-bond donors (Lipinski definition) is 1. The van der Waals surface area contributed by atoms with Gasteiger partial charge in [0.25, 0.3) is 0 Å². The SMILES string of the molecule is CCCN(CCC)C(=O)N[C@H]1CC(=O)N(c2ccc(OCC)cc2)C1. The maximum atomic E-state index is 12.4. The first-order valence-electron chi connectivity index (χ1n) is 9.17. The van der Waals surface area contributed by atoms with Crippen LogP contribution in [0.1, 0.15) is 40.0 Å². The van der Waals surface area contributed by atoms with Crippen LogP contribution in [-0.2, 0) is 4.79 Å². The lowest BCUT2D eigenvalue weighted by atomic mass is 10.2. The largest absolute Gasteiger partial charge is 0.494 e. The molecule has 3 amide bonds. The summed E-state index contributed by atoms with van der Waals surface area (Å²) in [6, 6.07) is 7.27. The van der Waals surface area contributed by atoms with Crippen molar-refractivity contribution < 1.29 is 14.3 Å². The number of benzene rings is 1. The second kappa shape index (κ2) is 9.30. The Kier molecular flexibility index (Phi) is 7.10. The van der Waals surface area contributed by atoms with E-state index < -0.39 is 0 Å². The van der Waals surface area contributed by atoms with E-state index in [4.69, 9.17) is 4.74 Å². The van der Waals surface area contributed by atoms with Gasteiger partial charge in [0.2, 0.25) is 5.91 Å². The zero-order chi connectivity index (χ0) is 18.2. The van der Waals surface area contributed by atoms with E-state index >= 15 is 0 Å². The van der Waals surface area contributed by atoms with Crippen LogP contribution in [0.3, 0.4) is 0 Å². The van der Waals surface area contributed by atoms with Crippen LogP contribution in [0.25, 0.3) is 0 Å². The van der Waals surface area contributed by atoms with Gasteiger partial charge < -0.3 is 19.9 Å². The Morgan fingerprint density at radius 1 is 1.20 bits per heavy atom. The van der Waals surface area contributed by atoms with Gasteiger partial charge in [-0.15, -0.1) is 0 Å². The van der Waals surface area contributed by atoms with E-state index in [1.807, 2.05) is 36.1 Å². The molecule has 0 unspecified atom stereocenters. The highest BCUT2D eigenvalue weighted by atomic mass is 16.5. The van der Waals surface area contributed by atoms with Crippen LogP contribution in [0.5, 0.6) is 5.75 Å². The zero-order valence-electron chi connectivity index (χ0n) is 15.5. The van der Waals surface area contributed by atoms with Gasteiger partial charge in [0, 0.05) is 31.7 Å². The number of amides is 3. The van der Waals surface area contributed by atoms with Gasteiger partial charge in [0.1, 0.15) is 5.75 Å². The molecule has 25 heavy (non-hydrogen) atoms. The number of ether oxygens (including phenoxy) is 1. The van der Waals surface area contributed by atoms with Gasteiger partial charge in [-0.05, 0) is 44.0 Å². The number of rotatable bonds is 8. The van der Waals surface area contributed by atoms with Gasteiger partial charge in [-0.25, -0.2) is 4.79 Å². The standard InChI is InChI=1S/C19H29N3O3/c1-4-11-21(12-5-2)19(24)20-15-13-18(23)22(14-15)16-7-9-17(10-8-16)25-6-3/h7-10,15H,4-6,11-14H2,1-3H3,(H,20,24)/t15-/m0/s1. The van der Waals surface area contributed by atoms with E-state index in [0.29, 0.717) is 19.6 Å². The van der Waals surface area contributed by atoms with E-state index in [1.54, 1.807) is 4.90 Å². The van der Waals surface area contributed by atoms with E-state index in [2.05, 4.69) is 19.2 Å². The Balaban J connectivity index is 1.96. The number of hydrogen-bond acceptors (Lipinski definition) is 3. The first-order valence-corrected chi connectivity index (χ1v) is 9.17. The molecule has 0 aromatic heterocycles. The summed E-state index contributed by atoms with van der Waals surface area (Å²) in [5, 5.41) is 3.01. The summed E-state index contributed by atoms with van der Waals surface area (Å²) in [5.74, 6) is 0.824. The minimum atomic E-state index is -0.150. The monoisotopic (exact) mass is 347 g/mol. The smallest absolute Gasteiger partial charge is 0.317 e. The third-order valence-corrected chi connectivity index (χ3v) is 4.19. The molecule has 1 aliphatic heterocycles. The van der Waals surface area contributed by atoms with Crippen molar-refractivity contribution in [1.82, 2.24) is 10.2 Å². The Morgan fingerprint density at radius 2 is 1.84 bits per heavy atom. The minimum absolute atomic E-state index is 0.0343. The van der Waals surface area contributed by atoms with Gasteiger partial charge in [0.15, 0.2) is 0 Å². The van der Waals surface area contributed by atoms with Crippen LogP contribution in [0.2, 0.25) is 0 Å². The molecule has 1 aromatic rings. The lowest BCUT2D eigenvalue weighted by Gasteiger charge is -2.24. The molecule has 1 N–H and O–H groups in total. The Morgan fingerprint density at radius 3 is 2.40 bits per heavy atom. The molecule has 138 valence electrons. The maximum absolute atomic E-state index is 12.4. The first-order chi connectivity index (χ1) is 12.1. The van der Waals surface area contributed by atoms with Crippen molar-refractivity contribution >= 4 is 17.6 Å². The van der Waals surface area contributed by atoms with E-state index in [0.717, 1.165) is 37.4 Å². The molecule has 2 rings (SSSR count). The summed E-state index contributed by atoms with van der Waals surface area (Å²) < 4.78 is 5.43. The second-order valence-electron chi connectivity index (χ2n) is 6.27. The van der Waals surface area contributed by atoms with Crippen molar-refractivity contribution in [3.63, 3.8) is 0 Å². The lowest BCUT2D eigenvalue weighted by Crippen LogP contribution is -2.46. The predicted molar refractivity (Wildman–Crippen MR) is 99.1 cm³/mol. The van der Waals surface area contributed by atoms with Crippen LogP contribution >= 0.6 is 0 Å². The summed E-state index contributed by atoms with van der Waals surface area (Å²) in [4.78, 5) is 28.3. The molecule has 0 spiro atoms. The number of urea groups is 1. The minimum Gasteiger partial charge on any atom is -0.494 e. The fourth-order valence-corrected chi connectivity index (χ4v) is 3.06. The highest BCUT2D eigenvalue weighted by molar-refractivity contribution is 5.96. The first kappa shape index (κ1) is 19.1. The second-order valence-corrected chi connectivity index (χ2v) is 6.27. The molecular formula is C19H29N3O3. The molecule has 1 saturated heterocycles. The van der Waals surface area contributed by atoms with Gasteiger partial charge in [0.05, 0.1) is 12.6 Å². The molecule has 0 radical (unpaired) electrons. The quantitative estimate of drug-likeness (QED) is 0.786. The van der Waals surface area contributed by atoms with Crippen molar-refractivity contribution in [2.45, 2.75) is 46.1 Å². The summed E-state index contributed by atoms with van der Waals surface area (Å²) in [6.07, 6.45) is 2.19. The molecule has 0 aliphatic carbocycles. The fourth-order valence-electron chi connectivity index (χ4n) is 3.06. The van der Waals surface area contributed by atoms with Crippen molar-refractivity contribution in [2.75, 3.05) is 31.1 Å². The average molecular weight is 347 g/mol. The predicted octanol–water partition coefficient (Wildman–Crippen LogP) is 3.02. The topological polar surface area (TPSA) is 61.9 Å². The van der Waals surface area contributed by atoms with E-state index in [1.165, 1.54) is 0 Å². The van der Waals surface area contributed by atoms with Gasteiger partial charge in [-0.2, -0.15) is 0 Å². The van der Waals surface area contributed by atoms with Gasteiger partial charge in [-0.1, -0.05) is 13.8 Å². The normalized spacial score (nSPS) is 16.8. The van der Waals surface area contributed by atoms with Crippen molar-refractivity contribution in [1.29, 1.82) is 0 Å². The Bertz CT molecular complexity index is 568. The fraction of sp³-hybridized carbons (Fsp3) is 0.579. The summed E-state index contributed by atoms with van der Waals surface area (Å²) in [7, 11) is 0. The molecule has 6 heteroatoms. The van der Waals surface area contributed by atoms with Crippen molar-refractivity contribution in [2.24, 2.45) is 0 Å². The highest BCUT2D eigenvalue weighted by Gasteiger charge is 2.32. The molecule has 1 atom stereocenters. The van der Waals surface area contributed by atoms with E-state index in [9.17, 15) is 9.59 Å². The number of carbonyl (C=O) groups is 2. The van der Waals surface area contributed by atoms with E-state index in [-0.39, 0.29) is 18.0 Å². The van der Waals surface area contributed by atoms with Gasteiger partial charge in [-0.3, -0.25) is 4.79 Å². The zero-order valence-corrected chi connectivity index (χ0v) is 15.5. The van der Waals surface area contributed by atoms with Crippen LogP contribution in [0, 0.1) is 0 Å². The third-order valence-electron chi connectivity index (χ3n) is 4.19. The summed E-state index contributed by atoms with van der Waals surface area (Å²) >= 11 is 0. The molecule has 1 aromatic carbocycles. The molecule has 0 saturated carbocycles. The molecule has 1 heterocycles. The number of carbonyl (C=O) groups excluding carboxylic acids is 2. The molecule has 0 bridgehead atoms. The Labute approximate surface area is 150 Å². The number of nitrogens with zero attached hydrogens (tertiary/aromatic N) is 2. The van der Waals surface area contributed by atoms with Crippen LogP contribution in [0.15, 0.2) is 24.3 Å². The van der Waals surface area contributed by atoms with Crippen LogP contribution in [0.4, 0.5) is 10.5 Å². The van der Waals surface area contributed by atoms with Crippen LogP contribution in [-0.4, -0.2) is 49.1 Å². The Hall–Kier alpha value is -2.24.